The molecule has 3 aromatic heterocycles. The Morgan fingerprint density at radius 2 is 1.75 bits per heavy atom. The molecule has 0 saturated heterocycles. The van der Waals surface area contributed by atoms with Crippen LogP contribution in [0.15, 0.2) is 47.8 Å². The summed E-state index contributed by atoms with van der Waals surface area (Å²) < 4.78 is 42.2. The first-order valence-electron chi connectivity index (χ1n) is 9.74. The predicted molar refractivity (Wildman–Crippen MR) is 114 cm³/mol. The van der Waals surface area contributed by atoms with Crippen LogP contribution < -0.4 is 10.9 Å². The number of nitrogens with zero attached hydrogens (tertiary/aromatic N) is 5. The fourth-order valence-electron chi connectivity index (χ4n) is 3.48. The second kappa shape index (κ2) is 8.37. The van der Waals surface area contributed by atoms with Gasteiger partial charge in [-0.05, 0) is 19.9 Å². The maximum atomic E-state index is 14.6. The molecule has 0 fully saturated rings. The zero-order chi connectivity index (χ0) is 23.0. The minimum Gasteiger partial charge on any atom is -0.363 e. The number of pyridine rings is 1. The van der Waals surface area contributed by atoms with Gasteiger partial charge in [0.25, 0.3) is 12.0 Å². The van der Waals surface area contributed by atoms with E-state index in [1.54, 1.807) is 39.4 Å². The first-order valence-corrected chi connectivity index (χ1v) is 9.74. The lowest BCUT2D eigenvalue weighted by atomic mass is 10.0. The standard InChI is InChI=1S/C22H19F3N6O/c1-11(14-5-4-6-15(18(14)23)19(24)25)30-20-17-7-16(13-8-26-12(2)27-9-13)22(32)31(3)21(17)29-10-28-20/h4-11,19H,1-3H3,(H,28,29,30)/t11-/m1/s1. The van der Waals surface area contributed by atoms with Gasteiger partial charge in [-0.25, -0.2) is 33.1 Å². The minimum absolute atomic E-state index is 0.0755. The van der Waals surface area contributed by atoms with Crippen LogP contribution in [0, 0.1) is 12.7 Å². The average Bonchev–Trinajstić information content (AvgIpc) is 2.77. The van der Waals surface area contributed by atoms with Crippen LogP contribution in [0.25, 0.3) is 22.2 Å². The molecular formula is C22H19F3N6O. The molecule has 0 spiro atoms. The van der Waals surface area contributed by atoms with Gasteiger partial charge in [-0.3, -0.25) is 9.36 Å². The Kier molecular flexibility index (Phi) is 5.60. The molecule has 4 aromatic rings. The van der Waals surface area contributed by atoms with Crippen LogP contribution >= 0.6 is 0 Å². The summed E-state index contributed by atoms with van der Waals surface area (Å²) in [5, 5.41) is 3.56. The molecule has 3 heterocycles. The van der Waals surface area contributed by atoms with Gasteiger partial charge < -0.3 is 5.32 Å². The van der Waals surface area contributed by atoms with Gasteiger partial charge in [0.15, 0.2) is 0 Å². The molecule has 0 saturated carbocycles. The lowest BCUT2D eigenvalue weighted by Gasteiger charge is -2.19. The van der Waals surface area contributed by atoms with Gasteiger partial charge >= 0.3 is 0 Å². The number of anilines is 1. The smallest absolute Gasteiger partial charge is 0.266 e. The van der Waals surface area contributed by atoms with Crippen molar-refractivity contribution in [3.8, 4) is 11.1 Å². The lowest BCUT2D eigenvalue weighted by Crippen LogP contribution is -2.21. The summed E-state index contributed by atoms with van der Waals surface area (Å²) in [4.78, 5) is 29.6. The molecular weight excluding hydrogens is 421 g/mol. The molecule has 0 aliphatic rings. The normalized spacial score (nSPS) is 12.3. The summed E-state index contributed by atoms with van der Waals surface area (Å²) in [5.74, 6) is -0.0704. The van der Waals surface area contributed by atoms with Crippen LogP contribution in [0.1, 0.15) is 36.3 Å². The van der Waals surface area contributed by atoms with Gasteiger partial charge in [-0.1, -0.05) is 18.2 Å². The van der Waals surface area contributed by atoms with Crippen molar-refractivity contribution in [2.75, 3.05) is 5.32 Å². The molecule has 7 nitrogen and oxygen atoms in total. The molecule has 1 atom stereocenters. The van der Waals surface area contributed by atoms with Crippen molar-refractivity contribution in [2.45, 2.75) is 26.3 Å². The number of halogens is 3. The number of aryl methyl sites for hydroxylation is 2. The third-order valence-electron chi connectivity index (χ3n) is 5.21. The molecule has 1 N–H and O–H groups in total. The number of aromatic nitrogens is 5. The lowest BCUT2D eigenvalue weighted by molar-refractivity contribution is 0.146. The van der Waals surface area contributed by atoms with E-state index in [2.05, 4.69) is 25.3 Å². The molecule has 0 radical (unpaired) electrons. The summed E-state index contributed by atoms with van der Waals surface area (Å²) in [5.41, 5.74) is 0.351. The summed E-state index contributed by atoms with van der Waals surface area (Å²) in [6.07, 6.45) is 1.46. The van der Waals surface area contributed by atoms with Crippen molar-refractivity contribution < 1.29 is 13.2 Å². The fraction of sp³-hybridized carbons (Fsp3) is 0.227. The Morgan fingerprint density at radius 1 is 1.06 bits per heavy atom. The quantitative estimate of drug-likeness (QED) is 0.497. The van der Waals surface area contributed by atoms with Gasteiger partial charge in [-0.15, -0.1) is 0 Å². The maximum Gasteiger partial charge on any atom is 0.266 e. The van der Waals surface area contributed by atoms with Crippen molar-refractivity contribution in [1.29, 1.82) is 0 Å². The number of hydrogen-bond donors (Lipinski definition) is 1. The predicted octanol–water partition coefficient (Wildman–Crippen LogP) is 4.34. The second-order valence-corrected chi connectivity index (χ2v) is 7.32. The largest absolute Gasteiger partial charge is 0.363 e. The van der Waals surface area contributed by atoms with Gasteiger partial charge in [0.2, 0.25) is 0 Å². The maximum absolute atomic E-state index is 14.6. The molecule has 0 aliphatic carbocycles. The Morgan fingerprint density at radius 3 is 2.44 bits per heavy atom. The minimum atomic E-state index is -2.92. The van der Waals surface area contributed by atoms with Crippen molar-refractivity contribution in [3.63, 3.8) is 0 Å². The van der Waals surface area contributed by atoms with Crippen LogP contribution in [-0.2, 0) is 7.05 Å². The number of benzene rings is 1. The highest BCUT2D eigenvalue weighted by molar-refractivity contribution is 5.90. The van der Waals surface area contributed by atoms with Crippen molar-refractivity contribution in [3.05, 3.63) is 76.1 Å². The first kappa shape index (κ1) is 21.4. The SMILES string of the molecule is Cc1ncc(-c2cc3c(N[C@H](C)c4cccc(C(F)F)c4F)ncnc3n(C)c2=O)cn1. The molecule has 164 valence electrons. The third-order valence-corrected chi connectivity index (χ3v) is 5.21. The molecule has 32 heavy (non-hydrogen) atoms. The topological polar surface area (TPSA) is 85.6 Å². The Bertz CT molecular complexity index is 1350. The molecule has 1 aromatic carbocycles. The van der Waals surface area contributed by atoms with Gasteiger partial charge in [0.1, 0.15) is 29.4 Å². The van der Waals surface area contributed by atoms with Crippen LogP contribution in [-0.4, -0.2) is 24.5 Å². The van der Waals surface area contributed by atoms with E-state index in [-0.39, 0.29) is 11.1 Å². The number of rotatable bonds is 5. The van der Waals surface area contributed by atoms with E-state index in [1.165, 1.54) is 23.0 Å². The van der Waals surface area contributed by atoms with E-state index in [1.807, 2.05) is 0 Å². The van der Waals surface area contributed by atoms with E-state index in [0.717, 1.165) is 6.07 Å². The monoisotopic (exact) mass is 440 g/mol. The average molecular weight is 440 g/mol. The molecule has 0 aliphatic heterocycles. The Balaban J connectivity index is 1.81. The molecule has 0 amide bonds. The van der Waals surface area contributed by atoms with E-state index in [0.29, 0.717) is 33.8 Å². The summed E-state index contributed by atoms with van der Waals surface area (Å²) >= 11 is 0. The fourth-order valence-corrected chi connectivity index (χ4v) is 3.48. The highest BCUT2D eigenvalue weighted by Crippen LogP contribution is 2.30. The van der Waals surface area contributed by atoms with E-state index >= 15 is 0 Å². The third kappa shape index (κ3) is 3.79. The molecule has 0 bridgehead atoms. The van der Waals surface area contributed by atoms with Crippen molar-refractivity contribution >= 4 is 16.9 Å². The summed E-state index contributed by atoms with van der Waals surface area (Å²) in [7, 11) is 1.58. The molecule has 0 unspecified atom stereocenters. The van der Waals surface area contributed by atoms with Crippen LogP contribution in [0.2, 0.25) is 0 Å². The number of fused-ring (bicyclic) bond motifs is 1. The van der Waals surface area contributed by atoms with Gasteiger partial charge in [0.05, 0.1) is 22.6 Å². The van der Waals surface area contributed by atoms with Gasteiger partial charge in [0, 0.05) is 30.6 Å². The summed E-state index contributed by atoms with van der Waals surface area (Å²) in [6, 6.07) is 4.81. The van der Waals surface area contributed by atoms with E-state index in [9.17, 15) is 18.0 Å². The van der Waals surface area contributed by atoms with Crippen LogP contribution in [0.3, 0.4) is 0 Å². The second-order valence-electron chi connectivity index (χ2n) is 7.32. The molecule has 4 rings (SSSR count). The Hall–Kier alpha value is -3.82. The van der Waals surface area contributed by atoms with Crippen LogP contribution in [0.5, 0.6) is 0 Å². The first-order chi connectivity index (χ1) is 15.3. The summed E-state index contributed by atoms with van der Waals surface area (Å²) in [6.45, 7) is 3.37. The highest BCUT2D eigenvalue weighted by atomic mass is 19.3. The zero-order valence-corrected chi connectivity index (χ0v) is 17.5. The number of nitrogens with one attached hydrogen (secondary N) is 1. The van der Waals surface area contributed by atoms with Crippen molar-refractivity contribution in [2.24, 2.45) is 7.05 Å². The van der Waals surface area contributed by atoms with E-state index in [4.69, 9.17) is 0 Å². The highest BCUT2D eigenvalue weighted by Gasteiger charge is 2.21. The Labute approximate surface area is 181 Å². The number of hydrogen-bond acceptors (Lipinski definition) is 6. The molecule has 10 heteroatoms. The van der Waals surface area contributed by atoms with Crippen LogP contribution in [0.4, 0.5) is 19.0 Å². The number of alkyl halides is 2. The zero-order valence-electron chi connectivity index (χ0n) is 17.5. The van der Waals surface area contributed by atoms with Gasteiger partial charge in [-0.2, -0.15) is 0 Å². The van der Waals surface area contributed by atoms with E-state index < -0.39 is 23.8 Å². The van der Waals surface area contributed by atoms with Crippen molar-refractivity contribution in [1.82, 2.24) is 24.5 Å².